The van der Waals surface area contributed by atoms with Gasteiger partial charge >= 0.3 is 0 Å². The molecule has 0 amide bonds. The molecule has 1 aromatic heterocycles. The summed E-state index contributed by atoms with van der Waals surface area (Å²) in [6.45, 7) is -0.0387. The highest BCUT2D eigenvalue weighted by Crippen LogP contribution is 2.47. The van der Waals surface area contributed by atoms with E-state index in [1.54, 1.807) is 6.20 Å². The third-order valence-corrected chi connectivity index (χ3v) is 4.75. The van der Waals surface area contributed by atoms with Crippen LogP contribution in [0, 0.1) is 0 Å². The van der Waals surface area contributed by atoms with E-state index in [1.807, 2.05) is 0 Å². The van der Waals surface area contributed by atoms with E-state index in [9.17, 15) is 19.0 Å². The summed E-state index contributed by atoms with van der Waals surface area (Å²) in [5.41, 5.74) is -0.687. The Morgan fingerprint density at radius 1 is 1.48 bits per heavy atom. The van der Waals surface area contributed by atoms with Crippen LogP contribution < -0.4 is 0 Å². The van der Waals surface area contributed by atoms with Gasteiger partial charge in [0, 0.05) is 38.5 Å². The maximum atomic E-state index is 12.9. The molecule has 1 aliphatic carbocycles. The second-order valence-corrected chi connectivity index (χ2v) is 6.45. The Kier molecular flexibility index (Phi) is 4.39. The standard InChI is InChI=1S/C14H21F2N3O4/c1-22-10-2-12(21)13(8-20,23-6-10)7-19-5-11(17-18-19)9-3-14(15,16)4-9/h5,9-10,12,20-21H,2-4,6-8H2,1H3. The fourth-order valence-corrected chi connectivity index (χ4v) is 3.13. The molecule has 2 fully saturated rings. The number of aliphatic hydroxyl groups is 2. The second-order valence-electron chi connectivity index (χ2n) is 6.45. The van der Waals surface area contributed by atoms with Gasteiger partial charge in [-0.25, -0.2) is 13.5 Å². The zero-order valence-corrected chi connectivity index (χ0v) is 12.9. The van der Waals surface area contributed by atoms with Crippen molar-refractivity contribution < 1.29 is 28.5 Å². The van der Waals surface area contributed by atoms with Crippen molar-refractivity contribution in [3.8, 4) is 0 Å². The molecular weight excluding hydrogens is 312 g/mol. The Labute approximate surface area is 132 Å². The van der Waals surface area contributed by atoms with Gasteiger partial charge in [-0.05, 0) is 0 Å². The molecule has 0 radical (unpaired) electrons. The van der Waals surface area contributed by atoms with Crippen LogP contribution in [-0.2, 0) is 16.0 Å². The number of nitrogens with zero attached hydrogens (tertiary/aromatic N) is 3. The van der Waals surface area contributed by atoms with E-state index in [1.165, 1.54) is 11.8 Å². The van der Waals surface area contributed by atoms with Gasteiger partial charge in [0.05, 0.1) is 37.7 Å². The van der Waals surface area contributed by atoms with Crippen LogP contribution >= 0.6 is 0 Å². The van der Waals surface area contributed by atoms with Crippen LogP contribution in [0.1, 0.15) is 30.9 Å². The van der Waals surface area contributed by atoms with Gasteiger partial charge in [0.2, 0.25) is 5.92 Å². The maximum absolute atomic E-state index is 12.9. The van der Waals surface area contributed by atoms with Crippen molar-refractivity contribution >= 4 is 0 Å². The average Bonchev–Trinajstić information content (AvgIpc) is 2.95. The molecule has 0 spiro atoms. The van der Waals surface area contributed by atoms with Crippen LogP contribution in [0.2, 0.25) is 0 Å². The molecule has 2 N–H and O–H groups in total. The highest BCUT2D eigenvalue weighted by Gasteiger charge is 2.48. The van der Waals surface area contributed by atoms with Gasteiger partial charge < -0.3 is 19.7 Å². The second kappa shape index (κ2) is 6.04. The largest absolute Gasteiger partial charge is 0.393 e. The van der Waals surface area contributed by atoms with Gasteiger partial charge in [-0.15, -0.1) is 5.10 Å². The van der Waals surface area contributed by atoms with Crippen LogP contribution in [0.15, 0.2) is 6.20 Å². The Morgan fingerprint density at radius 2 is 2.22 bits per heavy atom. The van der Waals surface area contributed by atoms with Gasteiger partial charge in [0.15, 0.2) is 0 Å². The monoisotopic (exact) mass is 333 g/mol. The molecule has 0 bridgehead atoms. The number of methoxy groups -OCH3 is 1. The molecule has 3 unspecified atom stereocenters. The lowest BCUT2D eigenvalue weighted by Gasteiger charge is -2.42. The molecule has 0 aromatic carbocycles. The van der Waals surface area contributed by atoms with E-state index in [2.05, 4.69) is 10.3 Å². The van der Waals surface area contributed by atoms with Crippen LogP contribution in [0.5, 0.6) is 0 Å². The van der Waals surface area contributed by atoms with Gasteiger partial charge in [0.25, 0.3) is 0 Å². The first kappa shape index (κ1) is 16.7. The minimum atomic E-state index is -2.61. The number of ether oxygens (including phenoxy) is 2. The van der Waals surface area contributed by atoms with Crippen molar-refractivity contribution in [1.82, 2.24) is 15.0 Å². The number of rotatable bonds is 5. The van der Waals surface area contributed by atoms with E-state index >= 15 is 0 Å². The van der Waals surface area contributed by atoms with Crippen molar-refractivity contribution in [1.29, 1.82) is 0 Å². The molecule has 1 aliphatic heterocycles. The van der Waals surface area contributed by atoms with Gasteiger partial charge in [0.1, 0.15) is 5.60 Å². The van der Waals surface area contributed by atoms with E-state index in [-0.39, 0.29) is 44.6 Å². The summed E-state index contributed by atoms with van der Waals surface area (Å²) in [4.78, 5) is 0. The predicted molar refractivity (Wildman–Crippen MR) is 74.1 cm³/mol. The summed E-state index contributed by atoms with van der Waals surface area (Å²) in [7, 11) is 1.53. The summed E-state index contributed by atoms with van der Waals surface area (Å²) >= 11 is 0. The van der Waals surface area contributed by atoms with Crippen molar-refractivity contribution in [2.24, 2.45) is 0 Å². The van der Waals surface area contributed by atoms with Gasteiger partial charge in [-0.3, -0.25) is 0 Å². The number of aliphatic hydroxyl groups excluding tert-OH is 2. The van der Waals surface area contributed by atoms with Crippen molar-refractivity contribution in [2.75, 3.05) is 20.3 Å². The molecule has 9 heteroatoms. The number of aromatic nitrogens is 3. The van der Waals surface area contributed by atoms with E-state index in [0.717, 1.165) is 0 Å². The molecule has 23 heavy (non-hydrogen) atoms. The first-order chi connectivity index (χ1) is 10.9. The number of alkyl halides is 2. The Morgan fingerprint density at radius 3 is 2.78 bits per heavy atom. The van der Waals surface area contributed by atoms with Crippen LogP contribution in [-0.4, -0.2) is 69.3 Å². The molecule has 3 rings (SSSR count). The minimum absolute atomic E-state index is 0.0945. The summed E-state index contributed by atoms with van der Waals surface area (Å²) in [5, 5.41) is 27.8. The molecule has 130 valence electrons. The zero-order valence-electron chi connectivity index (χ0n) is 12.9. The Bertz CT molecular complexity index is 548. The molecule has 1 saturated carbocycles. The normalized spacial score (nSPS) is 34.3. The number of hydrogen-bond acceptors (Lipinski definition) is 6. The molecule has 2 aliphatic rings. The Balaban J connectivity index is 1.67. The molecule has 1 saturated heterocycles. The molecule has 1 aromatic rings. The third kappa shape index (κ3) is 3.23. The summed E-state index contributed by atoms with van der Waals surface area (Å²) in [6, 6.07) is 0. The minimum Gasteiger partial charge on any atom is -0.393 e. The van der Waals surface area contributed by atoms with E-state index in [4.69, 9.17) is 9.47 Å². The molecule has 3 atom stereocenters. The molecule has 7 nitrogen and oxygen atoms in total. The lowest BCUT2D eigenvalue weighted by Crippen LogP contribution is -2.57. The summed E-state index contributed by atoms with van der Waals surface area (Å²) in [6.07, 6.45) is 0.334. The number of hydrogen-bond donors (Lipinski definition) is 2. The van der Waals surface area contributed by atoms with Crippen molar-refractivity contribution in [2.45, 2.75) is 55.5 Å². The van der Waals surface area contributed by atoms with Crippen LogP contribution in [0.3, 0.4) is 0 Å². The smallest absolute Gasteiger partial charge is 0.249 e. The predicted octanol–water partition coefficient (Wildman–Crippen LogP) is 0.318. The Hall–Kier alpha value is -1.16. The summed E-state index contributed by atoms with van der Waals surface area (Å²) < 4.78 is 38.1. The molecule has 2 heterocycles. The highest BCUT2D eigenvalue weighted by atomic mass is 19.3. The highest BCUT2D eigenvalue weighted by molar-refractivity contribution is 5.11. The number of halogens is 2. The van der Waals surface area contributed by atoms with Gasteiger partial charge in [-0.1, -0.05) is 5.21 Å². The van der Waals surface area contributed by atoms with Crippen LogP contribution in [0.25, 0.3) is 0 Å². The third-order valence-electron chi connectivity index (χ3n) is 4.75. The van der Waals surface area contributed by atoms with Crippen molar-refractivity contribution in [3.63, 3.8) is 0 Å². The fourth-order valence-electron chi connectivity index (χ4n) is 3.13. The SMILES string of the molecule is COC1COC(CO)(Cn2cc(C3CC(F)(F)C3)nn2)C(O)C1. The van der Waals surface area contributed by atoms with E-state index < -0.39 is 17.6 Å². The fraction of sp³-hybridized carbons (Fsp3) is 0.857. The van der Waals surface area contributed by atoms with Crippen LogP contribution in [0.4, 0.5) is 8.78 Å². The van der Waals surface area contributed by atoms with Crippen molar-refractivity contribution in [3.05, 3.63) is 11.9 Å². The topological polar surface area (TPSA) is 89.6 Å². The lowest BCUT2D eigenvalue weighted by molar-refractivity contribution is -0.214. The van der Waals surface area contributed by atoms with Gasteiger partial charge in [-0.2, -0.15) is 0 Å². The quantitative estimate of drug-likeness (QED) is 0.807. The summed E-state index contributed by atoms with van der Waals surface area (Å²) in [5.74, 6) is -2.91. The average molecular weight is 333 g/mol. The van der Waals surface area contributed by atoms with E-state index in [0.29, 0.717) is 12.1 Å². The maximum Gasteiger partial charge on any atom is 0.249 e. The lowest BCUT2D eigenvalue weighted by atomic mass is 9.79. The molecular formula is C14H21F2N3O4. The first-order valence-electron chi connectivity index (χ1n) is 7.61. The zero-order chi connectivity index (χ0) is 16.7. The first-order valence-corrected chi connectivity index (χ1v) is 7.61.